The molecule has 3 aromatic carbocycles. The molecule has 2 unspecified atom stereocenters. The van der Waals surface area contributed by atoms with Crippen molar-refractivity contribution in [3.05, 3.63) is 88.5 Å². The fourth-order valence-corrected chi connectivity index (χ4v) is 5.97. The Morgan fingerprint density at radius 3 is 1.82 bits per heavy atom. The van der Waals surface area contributed by atoms with Crippen molar-refractivity contribution in [3.8, 4) is 11.5 Å². The first-order chi connectivity index (χ1) is 16.1. The van der Waals surface area contributed by atoms with Gasteiger partial charge < -0.3 is 15.3 Å². The van der Waals surface area contributed by atoms with Crippen LogP contribution >= 0.6 is 0 Å². The number of anilines is 1. The number of benzene rings is 3. The molecule has 0 radical (unpaired) electrons. The highest BCUT2D eigenvalue weighted by atomic mass is 19.4. The summed E-state index contributed by atoms with van der Waals surface area (Å²) in [4.78, 5) is 28.0. The van der Waals surface area contributed by atoms with Gasteiger partial charge in [-0.1, -0.05) is 24.3 Å². The third kappa shape index (κ3) is 2.34. The number of imide groups is 1. The maximum atomic E-state index is 13.6. The molecule has 0 saturated carbocycles. The molecule has 9 heteroatoms. The highest BCUT2D eigenvalue weighted by Gasteiger charge is 2.69. The molecule has 3 aromatic rings. The number of hydrogen-bond acceptors (Lipinski definition) is 5. The van der Waals surface area contributed by atoms with Gasteiger partial charge in [0.2, 0.25) is 11.8 Å². The summed E-state index contributed by atoms with van der Waals surface area (Å²) in [5.41, 5.74) is -2.19. The Morgan fingerprint density at radius 2 is 1.32 bits per heavy atom. The number of phenolic OH excluding ortho intramolecular Hbond substituents is 2. The molecule has 3 aliphatic carbocycles. The summed E-state index contributed by atoms with van der Waals surface area (Å²) in [7, 11) is 0. The Balaban J connectivity index is 1.57. The first-order valence-electron chi connectivity index (χ1n) is 10.5. The van der Waals surface area contributed by atoms with E-state index >= 15 is 0 Å². The molecular formula is C25H16F3NO5. The highest BCUT2D eigenvalue weighted by molar-refractivity contribution is 6.23. The Morgan fingerprint density at radius 1 is 0.794 bits per heavy atom. The van der Waals surface area contributed by atoms with Crippen LogP contribution in [-0.2, 0) is 21.4 Å². The molecule has 0 aromatic heterocycles. The van der Waals surface area contributed by atoms with Crippen LogP contribution in [0.4, 0.5) is 18.9 Å². The Bertz CT molecular complexity index is 1350. The molecule has 2 atom stereocenters. The lowest BCUT2D eigenvalue weighted by Gasteiger charge is -2.51. The van der Waals surface area contributed by atoms with Crippen molar-refractivity contribution in [1.29, 1.82) is 0 Å². The molecule has 6 nitrogen and oxygen atoms in total. The molecule has 2 amide bonds. The minimum atomic E-state index is -4.59. The van der Waals surface area contributed by atoms with Crippen molar-refractivity contribution < 1.29 is 38.1 Å². The Labute approximate surface area is 190 Å². The number of carbonyl (C=O) groups excluding carboxylic acids is 2. The van der Waals surface area contributed by atoms with Crippen LogP contribution in [0.1, 0.15) is 33.7 Å². The topological polar surface area (TPSA) is 98.1 Å². The first kappa shape index (κ1) is 20.7. The van der Waals surface area contributed by atoms with Gasteiger partial charge in [-0.3, -0.25) is 9.59 Å². The molecule has 7 rings (SSSR count). The third-order valence-electron chi connectivity index (χ3n) is 7.19. The quantitative estimate of drug-likeness (QED) is 0.475. The van der Waals surface area contributed by atoms with Gasteiger partial charge in [-0.15, -0.1) is 0 Å². The average molecular weight is 467 g/mol. The molecule has 2 bridgehead atoms. The van der Waals surface area contributed by atoms with E-state index in [2.05, 4.69) is 0 Å². The van der Waals surface area contributed by atoms with Gasteiger partial charge in [0, 0.05) is 17.0 Å². The predicted octanol–water partition coefficient (Wildman–Crippen LogP) is 3.62. The van der Waals surface area contributed by atoms with Crippen molar-refractivity contribution >= 4 is 17.5 Å². The second-order valence-corrected chi connectivity index (χ2v) is 8.79. The van der Waals surface area contributed by atoms with Crippen LogP contribution in [0.25, 0.3) is 0 Å². The number of nitrogens with zero attached hydrogens (tertiary/aromatic N) is 1. The van der Waals surface area contributed by atoms with Gasteiger partial charge in [0.25, 0.3) is 0 Å². The number of halogens is 3. The van der Waals surface area contributed by atoms with Gasteiger partial charge in [-0.25, -0.2) is 4.90 Å². The van der Waals surface area contributed by atoms with Crippen LogP contribution in [0.15, 0.2) is 60.7 Å². The van der Waals surface area contributed by atoms with E-state index in [0.717, 1.165) is 29.2 Å². The van der Waals surface area contributed by atoms with Crippen LogP contribution in [0.5, 0.6) is 11.5 Å². The lowest BCUT2D eigenvalue weighted by Crippen LogP contribution is -2.53. The standard InChI is InChI=1S/C25H16F3NO5/c26-25(27,28)11-7-9-12(10-8-11)29-22(32)18-17-13-3-1-5-15(30)19(13)24(34,21(18)23(29)33)20-14(17)4-2-6-16(20)31/h1-10,17-18,21,30-31,34H. The van der Waals surface area contributed by atoms with E-state index in [9.17, 15) is 38.1 Å². The summed E-state index contributed by atoms with van der Waals surface area (Å²) in [5, 5.41) is 33.4. The van der Waals surface area contributed by atoms with Crippen LogP contribution in [-0.4, -0.2) is 27.1 Å². The highest BCUT2D eigenvalue weighted by Crippen LogP contribution is 2.66. The lowest BCUT2D eigenvalue weighted by atomic mass is 9.52. The summed E-state index contributed by atoms with van der Waals surface area (Å²) < 4.78 is 39.0. The molecule has 3 N–H and O–H groups in total. The second-order valence-electron chi connectivity index (χ2n) is 8.79. The normalized spacial score (nSPS) is 26.9. The summed E-state index contributed by atoms with van der Waals surface area (Å²) in [5.74, 6) is -5.25. The maximum Gasteiger partial charge on any atom is 0.416 e. The van der Waals surface area contributed by atoms with Crippen molar-refractivity contribution in [3.63, 3.8) is 0 Å². The molecule has 1 aliphatic heterocycles. The molecule has 0 spiro atoms. The SMILES string of the molecule is O=C1C2C3c4cccc(O)c4C(O)(c4c(O)cccc43)C2C(=O)N1c1ccc(C(F)(F)F)cc1. The number of phenols is 2. The van der Waals surface area contributed by atoms with E-state index in [1.807, 2.05) is 0 Å². The van der Waals surface area contributed by atoms with Gasteiger partial charge in [0.05, 0.1) is 23.1 Å². The largest absolute Gasteiger partial charge is 0.508 e. The molecule has 1 fully saturated rings. The average Bonchev–Trinajstić information content (AvgIpc) is 3.05. The predicted molar refractivity (Wildman–Crippen MR) is 112 cm³/mol. The van der Waals surface area contributed by atoms with E-state index in [1.165, 1.54) is 12.1 Å². The van der Waals surface area contributed by atoms with E-state index < -0.39 is 46.9 Å². The molecular weight excluding hydrogens is 451 g/mol. The fraction of sp³-hybridized carbons (Fsp3) is 0.200. The Kier molecular flexibility index (Phi) is 3.89. The van der Waals surface area contributed by atoms with E-state index in [0.29, 0.717) is 11.1 Å². The summed E-state index contributed by atoms with van der Waals surface area (Å²) in [6.07, 6.45) is -4.59. The molecule has 172 valence electrons. The first-order valence-corrected chi connectivity index (χ1v) is 10.5. The molecule has 4 aliphatic rings. The number of aliphatic hydroxyl groups is 1. The summed E-state index contributed by atoms with van der Waals surface area (Å²) >= 11 is 0. The zero-order chi connectivity index (χ0) is 24.2. The van der Waals surface area contributed by atoms with Crippen molar-refractivity contribution in [2.45, 2.75) is 17.7 Å². The minimum absolute atomic E-state index is 0.0469. The van der Waals surface area contributed by atoms with Gasteiger partial charge in [-0.05, 0) is 47.5 Å². The van der Waals surface area contributed by atoms with Gasteiger partial charge >= 0.3 is 6.18 Å². The number of aromatic hydroxyl groups is 2. The van der Waals surface area contributed by atoms with Gasteiger partial charge in [-0.2, -0.15) is 13.2 Å². The maximum absolute atomic E-state index is 13.6. The smallest absolute Gasteiger partial charge is 0.416 e. The van der Waals surface area contributed by atoms with Crippen LogP contribution in [0, 0.1) is 11.8 Å². The van der Waals surface area contributed by atoms with Crippen molar-refractivity contribution in [1.82, 2.24) is 0 Å². The van der Waals surface area contributed by atoms with Crippen LogP contribution in [0.2, 0.25) is 0 Å². The minimum Gasteiger partial charge on any atom is -0.508 e. The third-order valence-corrected chi connectivity index (χ3v) is 7.19. The van der Waals surface area contributed by atoms with Crippen molar-refractivity contribution in [2.75, 3.05) is 4.90 Å². The number of carbonyl (C=O) groups is 2. The number of rotatable bonds is 1. The number of amides is 2. The van der Waals surface area contributed by atoms with Gasteiger partial charge in [0.15, 0.2) is 0 Å². The van der Waals surface area contributed by atoms with E-state index in [4.69, 9.17) is 0 Å². The van der Waals surface area contributed by atoms with E-state index in [1.54, 1.807) is 24.3 Å². The zero-order valence-electron chi connectivity index (χ0n) is 17.2. The fourth-order valence-electron chi connectivity index (χ4n) is 5.97. The Hall–Kier alpha value is -3.85. The van der Waals surface area contributed by atoms with Crippen molar-refractivity contribution in [2.24, 2.45) is 11.8 Å². The molecule has 1 saturated heterocycles. The second kappa shape index (κ2) is 6.38. The number of alkyl halides is 3. The number of hydrogen-bond donors (Lipinski definition) is 3. The monoisotopic (exact) mass is 467 g/mol. The summed E-state index contributed by atoms with van der Waals surface area (Å²) in [6, 6.07) is 12.7. The van der Waals surface area contributed by atoms with Crippen LogP contribution < -0.4 is 4.90 Å². The summed E-state index contributed by atoms with van der Waals surface area (Å²) in [6.45, 7) is 0. The lowest BCUT2D eigenvalue weighted by molar-refractivity contribution is -0.137. The van der Waals surface area contributed by atoms with E-state index in [-0.39, 0.29) is 28.3 Å². The van der Waals surface area contributed by atoms with Gasteiger partial charge in [0.1, 0.15) is 17.1 Å². The van der Waals surface area contributed by atoms with Crippen LogP contribution in [0.3, 0.4) is 0 Å². The molecule has 34 heavy (non-hydrogen) atoms. The zero-order valence-corrected chi connectivity index (χ0v) is 17.2. The molecule has 1 heterocycles.